The second kappa shape index (κ2) is 7.98. The summed E-state index contributed by atoms with van der Waals surface area (Å²) in [6.45, 7) is 2.00. The van der Waals surface area contributed by atoms with Crippen LogP contribution in [0, 0.1) is 5.92 Å². The van der Waals surface area contributed by atoms with E-state index in [4.69, 9.17) is 9.84 Å². The van der Waals surface area contributed by atoms with Gasteiger partial charge in [-0.15, -0.1) is 0 Å². The highest BCUT2D eigenvalue weighted by Crippen LogP contribution is 2.12. The number of aromatic nitrogens is 2. The van der Waals surface area contributed by atoms with Crippen molar-refractivity contribution < 1.29 is 19.4 Å². The van der Waals surface area contributed by atoms with E-state index in [1.54, 1.807) is 13.0 Å². The molecule has 1 atom stereocenters. The third kappa shape index (κ3) is 5.46. The van der Waals surface area contributed by atoms with Crippen molar-refractivity contribution in [3.8, 4) is 5.75 Å². The molecule has 0 saturated carbocycles. The Kier molecular flexibility index (Phi) is 5.74. The van der Waals surface area contributed by atoms with Gasteiger partial charge in [-0.25, -0.2) is 0 Å². The van der Waals surface area contributed by atoms with Crippen LogP contribution in [0.2, 0.25) is 0 Å². The molecule has 1 amide bonds. The molecule has 0 saturated heterocycles. The predicted octanol–water partition coefficient (Wildman–Crippen LogP) is 2.01. The van der Waals surface area contributed by atoms with E-state index in [1.807, 2.05) is 30.3 Å². The van der Waals surface area contributed by atoms with E-state index in [2.05, 4.69) is 10.4 Å². The van der Waals surface area contributed by atoms with E-state index in [0.29, 0.717) is 18.8 Å². The topological polar surface area (TPSA) is 93.5 Å². The summed E-state index contributed by atoms with van der Waals surface area (Å²) in [5, 5.41) is 15.3. The van der Waals surface area contributed by atoms with Gasteiger partial charge in [0, 0.05) is 18.2 Å². The van der Waals surface area contributed by atoms with Crippen molar-refractivity contribution in [2.75, 3.05) is 11.9 Å². The largest absolute Gasteiger partial charge is 0.494 e. The van der Waals surface area contributed by atoms with E-state index >= 15 is 0 Å². The molecule has 1 aromatic carbocycles. The first kappa shape index (κ1) is 16.5. The Bertz CT molecular complexity index is 654. The van der Waals surface area contributed by atoms with Crippen LogP contribution in [0.25, 0.3) is 0 Å². The van der Waals surface area contributed by atoms with Gasteiger partial charge in [0.1, 0.15) is 12.3 Å². The Hall–Kier alpha value is -2.83. The molecular formula is C16H19N3O4. The van der Waals surface area contributed by atoms with Crippen molar-refractivity contribution in [2.45, 2.75) is 19.9 Å². The number of hydrogen-bond acceptors (Lipinski definition) is 4. The van der Waals surface area contributed by atoms with Crippen LogP contribution in [0.5, 0.6) is 5.75 Å². The summed E-state index contributed by atoms with van der Waals surface area (Å²) in [7, 11) is 0. The standard InChI is InChI=1S/C16H19N3O4/c1-12(8-10-23-13-5-3-2-4-6-13)16(22)17-14-7-9-19(18-14)11-15(20)21/h2-7,9,12H,8,10-11H2,1H3,(H,20,21)(H,17,18,22). The number of hydrogen-bond donors (Lipinski definition) is 2. The van der Waals surface area contributed by atoms with Crippen LogP contribution in [0.4, 0.5) is 5.82 Å². The van der Waals surface area contributed by atoms with Crippen LogP contribution >= 0.6 is 0 Å². The van der Waals surface area contributed by atoms with Crippen molar-refractivity contribution in [1.82, 2.24) is 9.78 Å². The van der Waals surface area contributed by atoms with Crippen LogP contribution in [0.1, 0.15) is 13.3 Å². The van der Waals surface area contributed by atoms with Crippen LogP contribution in [-0.4, -0.2) is 33.4 Å². The maximum absolute atomic E-state index is 12.1. The third-order valence-electron chi connectivity index (χ3n) is 3.20. The number of anilines is 1. The van der Waals surface area contributed by atoms with Crippen molar-refractivity contribution in [1.29, 1.82) is 0 Å². The van der Waals surface area contributed by atoms with E-state index in [9.17, 15) is 9.59 Å². The Labute approximate surface area is 133 Å². The number of nitrogens with zero attached hydrogens (tertiary/aromatic N) is 2. The van der Waals surface area contributed by atoms with Gasteiger partial charge >= 0.3 is 5.97 Å². The van der Waals surface area contributed by atoms with E-state index in [0.717, 1.165) is 5.75 Å². The number of carbonyl (C=O) groups is 2. The molecule has 0 spiro atoms. The fourth-order valence-electron chi connectivity index (χ4n) is 1.91. The summed E-state index contributed by atoms with van der Waals surface area (Å²) in [5.74, 6) is -0.303. The molecule has 0 fully saturated rings. The molecule has 2 N–H and O–H groups in total. The van der Waals surface area contributed by atoms with E-state index < -0.39 is 5.97 Å². The first-order chi connectivity index (χ1) is 11.0. The van der Waals surface area contributed by atoms with Gasteiger partial charge in [0.05, 0.1) is 6.61 Å². The van der Waals surface area contributed by atoms with Crippen LogP contribution in [0.15, 0.2) is 42.6 Å². The molecule has 122 valence electrons. The average molecular weight is 317 g/mol. The number of rotatable bonds is 8. The van der Waals surface area contributed by atoms with Crippen LogP contribution in [-0.2, 0) is 16.1 Å². The number of ether oxygens (including phenoxy) is 1. The van der Waals surface area contributed by atoms with E-state index in [-0.39, 0.29) is 18.4 Å². The van der Waals surface area contributed by atoms with Crippen molar-refractivity contribution in [3.05, 3.63) is 42.6 Å². The maximum Gasteiger partial charge on any atom is 0.325 e. The predicted molar refractivity (Wildman–Crippen MR) is 84.2 cm³/mol. The SMILES string of the molecule is CC(CCOc1ccccc1)C(=O)Nc1ccn(CC(=O)O)n1. The van der Waals surface area contributed by atoms with Crippen molar-refractivity contribution >= 4 is 17.7 Å². The Morgan fingerprint density at radius 2 is 2.04 bits per heavy atom. The second-order valence-corrected chi connectivity index (χ2v) is 5.13. The molecule has 1 aromatic heterocycles. The van der Waals surface area contributed by atoms with E-state index in [1.165, 1.54) is 10.9 Å². The first-order valence-electron chi connectivity index (χ1n) is 7.28. The third-order valence-corrected chi connectivity index (χ3v) is 3.20. The summed E-state index contributed by atoms with van der Waals surface area (Å²) in [6.07, 6.45) is 2.07. The number of aliphatic carboxylic acids is 1. The number of carbonyl (C=O) groups excluding carboxylic acids is 1. The van der Waals surface area contributed by atoms with Gasteiger partial charge in [-0.2, -0.15) is 5.10 Å². The Morgan fingerprint density at radius 1 is 1.30 bits per heavy atom. The minimum absolute atomic E-state index is 0.178. The average Bonchev–Trinajstić information content (AvgIpc) is 2.94. The number of para-hydroxylation sites is 1. The second-order valence-electron chi connectivity index (χ2n) is 5.13. The lowest BCUT2D eigenvalue weighted by molar-refractivity contribution is -0.137. The van der Waals surface area contributed by atoms with Gasteiger partial charge < -0.3 is 15.2 Å². The van der Waals surface area contributed by atoms with Gasteiger partial charge in [-0.1, -0.05) is 25.1 Å². The van der Waals surface area contributed by atoms with Gasteiger partial charge in [0.2, 0.25) is 5.91 Å². The number of nitrogens with one attached hydrogen (secondary N) is 1. The highest BCUT2D eigenvalue weighted by molar-refractivity contribution is 5.91. The van der Waals surface area contributed by atoms with Gasteiger partial charge in [0.15, 0.2) is 5.82 Å². The molecule has 2 aromatic rings. The lowest BCUT2D eigenvalue weighted by atomic mass is 10.1. The summed E-state index contributed by atoms with van der Waals surface area (Å²) < 4.78 is 6.81. The first-order valence-corrected chi connectivity index (χ1v) is 7.28. The quantitative estimate of drug-likeness (QED) is 0.777. The molecule has 0 aliphatic heterocycles. The molecule has 1 heterocycles. The Morgan fingerprint density at radius 3 is 2.74 bits per heavy atom. The minimum Gasteiger partial charge on any atom is -0.494 e. The number of carboxylic acid groups (broad SMARTS) is 1. The van der Waals surface area contributed by atoms with Gasteiger partial charge in [0.25, 0.3) is 0 Å². The fourth-order valence-corrected chi connectivity index (χ4v) is 1.91. The highest BCUT2D eigenvalue weighted by Gasteiger charge is 2.14. The normalized spacial score (nSPS) is 11.7. The molecular weight excluding hydrogens is 298 g/mol. The van der Waals surface area contributed by atoms with Crippen LogP contribution < -0.4 is 10.1 Å². The molecule has 0 aliphatic carbocycles. The molecule has 0 radical (unpaired) electrons. The van der Waals surface area contributed by atoms with Crippen LogP contribution in [0.3, 0.4) is 0 Å². The molecule has 0 bridgehead atoms. The molecule has 23 heavy (non-hydrogen) atoms. The lowest BCUT2D eigenvalue weighted by Gasteiger charge is -2.11. The molecule has 0 aliphatic rings. The smallest absolute Gasteiger partial charge is 0.325 e. The zero-order valence-electron chi connectivity index (χ0n) is 12.8. The number of benzene rings is 1. The highest BCUT2D eigenvalue weighted by atomic mass is 16.5. The molecule has 7 nitrogen and oxygen atoms in total. The summed E-state index contributed by atoms with van der Waals surface area (Å²) >= 11 is 0. The zero-order chi connectivity index (χ0) is 16.7. The molecule has 2 rings (SSSR count). The van der Waals surface area contributed by atoms with Crippen molar-refractivity contribution in [3.63, 3.8) is 0 Å². The Balaban J connectivity index is 1.76. The van der Waals surface area contributed by atoms with Crippen molar-refractivity contribution in [2.24, 2.45) is 5.92 Å². The zero-order valence-corrected chi connectivity index (χ0v) is 12.8. The van der Waals surface area contributed by atoms with Gasteiger partial charge in [-0.3, -0.25) is 14.3 Å². The summed E-state index contributed by atoms with van der Waals surface area (Å²) in [5.41, 5.74) is 0. The molecule has 1 unspecified atom stereocenters. The maximum atomic E-state index is 12.1. The fraction of sp³-hybridized carbons (Fsp3) is 0.312. The summed E-state index contributed by atoms with van der Waals surface area (Å²) in [4.78, 5) is 22.6. The summed E-state index contributed by atoms with van der Waals surface area (Å²) in [6, 6.07) is 11.0. The van der Waals surface area contributed by atoms with Gasteiger partial charge in [-0.05, 0) is 18.6 Å². The lowest BCUT2D eigenvalue weighted by Crippen LogP contribution is -2.22. The number of amides is 1. The number of carboxylic acids is 1. The monoisotopic (exact) mass is 317 g/mol. The molecule has 7 heteroatoms. The minimum atomic E-state index is -0.989.